The van der Waals surface area contributed by atoms with Gasteiger partial charge in [0.25, 0.3) is 5.91 Å². The van der Waals surface area contributed by atoms with Crippen LogP contribution in [0.25, 0.3) is 0 Å². The summed E-state index contributed by atoms with van der Waals surface area (Å²) in [6.07, 6.45) is 6.02. The Bertz CT molecular complexity index is 472. The molecule has 0 spiro atoms. The molecule has 1 aliphatic heterocycles. The molecule has 0 bridgehead atoms. The summed E-state index contributed by atoms with van der Waals surface area (Å²) in [4.78, 5) is 12.3. The number of benzene rings is 1. The Kier molecular flexibility index (Phi) is 4.44. The van der Waals surface area contributed by atoms with Crippen molar-refractivity contribution in [3.63, 3.8) is 0 Å². The molecule has 0 unspecified atom stereocenters. The molecule has 1 saturated carbocycles. The number of carbonyl (C=O) groups is 1. The molecule has 1 aromatic carbocycles. The molecule has 1 aromatic rings. The molecule has 0 saturated heterocycles. The second kappa shape index (κ2) is 6.48. The van der Waals surface area contributed by atoms with Gasteiger partial charge in [0.15, 0.2) is 6.10 Å². The van der Waals surface area contributed by atoms with Crippen LogP contribution in [0.15, 0.2) is 24.3 Å². The number of hydrogen-bond acceptors (Lipinski definition) is 3. The third-order valence-corrected chi connectivity index (χ3v) is 4.60. The van der Waals surface area contributed by atoms with Crippen LogP contribution in [0, 0.1) is 5.92 Å². The number of aliphatic hydroxyl groups excluding tert-OH is 1. The highest BCUT2D eigenvalue weighted by atomic mass is 16.5. The molecule has 114 valence electrons. The van der Waals surface area contributed by atoms with Gasteiger partial charge in [-0.1, -0.05) is 43.9 Å². The number of aliphatic hydroxyl groups is 1. The van der Waals surface area contributed by atoms with E-state index >= 15 is 0 Å². The smallest absolute Gasteiger partial charge is 0.261 e. The van der Waals surface area contributed by atoms with E-state index in [-0.39, 0.29) is 18.6 Å². The number of nitrogens with one attached hydrogen (secondary N) is 1. The molecule has 2 aliphatic rings. The van der Waals surface area contributed by atoms with Crippen LogP contribution in [-0.2, 0) is 11.2 Å². The zero-order chi connectivity index (χ0) is 14.7. The van der Waals surface area contributed by atoms with Crippen molar-refractivity contribution in [3.8, 4) is 5.75 Å². The Morgan fingerprint density at radius 1 is 1.33 bits per heavy atom. The van der Waals surface area contributed by atoms with Crippen LogP contribution in [0.1, 0.15) is 37.7 Å². The van der Waals surface area contributed by atoms with Crippen molar-refractivity contribution in [3.05, 3.63) is 29.8 Å². The van der Waals surface area contributed by atoms with Crippen molar-refractivity contribution in [2.75, 3.05) is 6.61 Å². The van der Waals surface area contributed by atoms with Gasteiger partial charge in [-0.15, -0.1) is 0 Å². The Morgan fingerprint density at radius 2 is 2.10 bits per heavy atom. The molecule has 1 aliphatic carbocycles. The largest absolute Gasteiger partial charge is 0.480 e. The Balaban J connectivity index is 1.53. The maximum absolute atomic E-state index is 12.3. The van der Waals surface area contributed by atoms with E-state index < -0.39 is 6.10 Å². The van der Waals surface area contributed by atoms with E-state index in [1.807, 2.05) is 24.3 Å². The van der Waals surface area contributed by atoms with Gasteiger partial charge in [0.1, 0.15) is 5.75 Å². The fraction of sp³-hybridized carbons (Fsp3) is 0.588. The summed E-state index contributed by atoms with van der Waals surface area (Å²) in [5, 5.41) is 12.5. The highest BCUT2D eigenvalue weighted by Crippen LogP contribution is 2.30. The fourth-order valence-electron chi connectivity index (χ4n) is 3.45. The molecule has 0 aromatic heterocycles. The molecule has 2 N–H and O–H groups in total. The van der Waals surface area contributed by atoms with Crippen molar-refractivity contribution in [2.45, 2.75) is 50.7 Å². The van der Waals surface area contributed by atoms with Crippen LogP contribution in [0.5, 0.6) is 5.75 Å². The van der Waals surface area contributed by atoms with Gasteiger partial charge in [-0.2, -0.15) is 0 Å². The first-order valence-corrected chi connectivity index (χ1v) is 7.92. The lowest BCUT2D eigenvalue weighted by atomic mass is 9.98. The molecule has 3 rings (SSSR count). The van der Waals surface area contributed by atoms with E-state index in [0.717, 1.165) is 17.7 Å². The molecule has 4 nitrogen and oxygen atoms in total. The summed E-state index contributed by atoms with van der Waals surface area (Å²) in [5.41, 5.74) is 1.08. The molecule has 2 atom stereocenters. The van der Waals surface area contributed by atoms with Gasteiger partial charge < -0.3 is 15.2 Å². The average molecular weight is 289 g/mol. The molecule has 1 heterocycles. The van der Waals surface area contributed by atoms with E-state index in [2.05, 4.69) is 5.32 Å². The predicted molar refractivity (Wildman–Crippen MR) is 80.2 cm³/mol. The molecule has 1 amide bonds. The van der Waals surface area contributed by atoms with E-state index in [1.54, 1.807) is 0 Å². The van der Waals surface area contributed by atoms with Crippen molar-refractivity contribution in [1.29, 1.82) is 0 Å². The summed E-state index contributed by atoms with van der Waals surface area (Å²) in [6.45, 7) is 0.00189. The summed E-state index contributed by atoms with van der Waals surface area (Å²) in [6, 6.07) is 7.61. The molecule has 4 heteroatoms. The molecule has 1 fully saturated rings. The minimum Gasteiger partial charge on any atom is -0.480 e. The maximum Gasteiger partial charge on any atom is 0.261 e. The summed E-state index contributed by atoms with van der Waals surface area (Å²) in [7, 11) is 0. The minimum absolute atomic E-state index is 0.00189. The lowest BCUT2D eigenvalue weighted by Gasteiger charge is -2.21. The summed E-state index contributed by atoms with van der Waals surface area (Å²) >= 11 is 0. The van der Waals surface area contributed by atoms with Gasteiger partial charge in [0, 0.05) is 6.42 Å². The monoisotopic (exact) mass is 289 g/mol. The highest BCUT2D eigenvalue weighted by Gasteiger charge is 2.30. The normalized spacial score (nSPS) is 22.6. The Labute approximate surface area is 125 Å². The molecular weight excluding hydrogens is 266 g/mol. The number of hydrogen-bond donors (Lipinski definition) is 2. The van der Waals surface area contributed by atoms with Crippen LogP contribution in [0.4, 0.5) is 0 Å². The van der Waals surface area contributed by atoms with Gasteiger partial charge in [-0.05, 0) is 24.0 Å². The summed E-state index contributed by atoms with van der Waals surface area (Å²) < 4.78 is 5.69. The first-order valence-electron chi connectivity index (χ1n) is 7.92. The van der Waals surface area contributed by atoms with Crippen molar-refractivity contribution in [1.82, 2.24) is 5.32 Å². The van der Waals surface area contributed by atoms with Gasteiger partial charge in [0.05, 0.1) is 12.6 Å². The van der Waals surface area contributed by atoms with E-state index in [0.29, 0.717) is 12.3 Å². The van der Waals surface area contributed by atoms with E-state index in [4.69, 9.17) is 4.74 Å². The van der Waals surface area contributed by atoms with Gasteiger partial charge >= 0.3 is 0 Å². The second-order valence-corrected chi connectivity index (χ2v) is 6.19. The van der Waals surface area contributed by atoms with Crippen molar-refractivity contribution in [2.24, 2.45) is 5.92 Å². The second-order valence-electron chi connectivity index (χ2n) is 6.19. The predicted octanol–water partition coefficient (Wildman–Crippen LogP) is 2.05. The lowest BCUT2D eigenvalue weighted by Crippen LogP contribution is -2.45. The van der Waals surface area contributed by atoms with E-state index in [9.17, 15) is 9.90 Å². The van der Waals surface area contributed by atoms with Crippen LogP contribution in [-0.4, -0.2) is 29.8 Å². The van der Waals surface area contributed by atoms with Crippen LogP contribution < -0.4 is 10.1 Å². The first kappa shape index (κ1) is 14.4. The van der Waals surface area contributed by atoms with Crippen molar-refractivity contribution >= 4 is 5.91 Å². The van der Waals surface area contributed by atoms with Gasteiger partial charge in [-0.25, -0.2) is 0 Å². The van der Waals surface area contributed by atoms with Crippen molar-refractivity contribution < 1.29 is 14.6 Å². The number of para-hydroxylation sites is 1. The van der Waals surface area contributed by atoms with Gasteiger partial charge in [0.2, 0.25) is 0 Å². The SMILES string of the molecule is O=C(N[C@@H](CO)CC1CCCC1)[C@H]1Cc2ccccc2O1. The Morgan fingerprint density at radius 3 is 2.81 bits per heavy atom. The average Bonchev–Trinajstić information content (AvgIpc) is 3.15. The molecule has 0 radical (unpaired) electrons. The first-order chi connectivity index (χ1) is 10.3. The fourth-order valence-corrected chi connectivity index (χ4v) is 3.45. The summed E-state index contributed by atoms with van der Waals surface area (Å²) in [5.74, 6) is 1.33. The standard InChI is InChI=1S/C17H23NO3/c19-11-14(9-12-5-1-2-6-12)18-17(20)16-10-13-7-3-4-8-15(13)21-16/h3-4,7-8,12,14,16,19H,1-2,5-6,9-11H2,(H,18,20)/t14-,16-/m1/s1. The lowest BCUT2D eigenvalue weighted by molar-refractivity contribution is -0.128. The Hall–Kier alpha value is -1.55. The topological polar surface area (TPSA) is 58.6 Å². The number of fused-ring (bicyclic) bond motifs is 1. The number of carbonyl (C=O) groups excluding carboxylic acids is 1. The third-order valence-electron chi connectivity index (χ3n) is 4.60. The van der Waals surface area contributed by atoms with E-state index in [1.165, 1.54) is 25.7 Å². The maximum atomic E-state index is 12.3. The molecular formula is C17H23NO3. The number of rotatable bonds is 5. The molecule has 21 heavy (non-hydrogen) atoms. The zero-order valence-corrected chi connectivity index (χ0v) is 12.3. The van der Waals surface area contributed by atoms with Crippen LogP contribution in [0.2, 0.25) is 0 Å². The highest BCUT2D eigenvalue weighted by molar-refractivity contribution is 5.82. The quantitative estimate of drug-likeness (QED) is 0.872. The van der Waals surface area contributed by atoms with Gasteiger partial charge in [-0.3, -0.25) is 4.79 Å². The van der Waals surface area contributed by atoms with Crippen LogP contribution in [0.3, 0.4) is 0 Å². The third kappa shape index (κ3) is 3.38. The zero-order valence-electron chi connectivity index (χ0n) is 12.3. The minimum atomic E-state index is -0.458. The number of amides is 1. The van der Waals surface area contributed by atoms with Crippen LogP contribution >= 0.6 is 0 Å². The number of ether oxygens (including phenoxy) is 1.